The van der Waals surface area contributed by atoms with E-state index in [1.165, 1.54) is 19.3 Å². The maximum atomic E-state index is 2.35. The van der Waals surface area contributed by atoms with Gasteiger partial charge in [-0.25, -0.2) is 0 Å². The van der Waals surface area contributed by atoms with E-state index in [2.05, 4.69) is 25.2 Å². The van der Waals surface area contributed by atoms with Gasteiger partial charge in [-0.3, -0.25) is 0 Å². The first-order valence-corrected chi connectivity index (χ1v) is 3.76. The molecule has 50 valence electrons. The lowest BCUT2D eigenvalue weighted by molar-refractivity contribution is 0.912. The van der Waals surface area contributed by atoms with Gasteiger partial charge in [0.25, 0.3) is 0 Å². The van der Waals surface area contributed by atoms with Crippen LogP contribution in [-0.2, 0) is 0 Å². The second-order valence-electron chi connectivity index (χ2n) is 2.46. The highest BCUT2D eigenvalue weighted by atomic mass is 14.0. The molecule has 0 aromatic carbocycles. The van der Waals surface area contributed by atoms with Gasteiger partial charge in [0.15, 0.2) is 0 Å². The van der Waals surface area contributed by atoms with Crippen molar-refractivity contribution in [2.75, 3.05) is 0 Å². The highest BCUT2D eigenvalue weighted by molar-refractivity contribution is 5.08. The molecular formula is C9H14. The average Bonchev–Trinajstić information content (AvgIpc) is 2.13. The lowest BCUT2D eigenvalue weighted by atomic mass is 10.1. The Kier molecular flexibility index (Phi) is 2.56. The lowest BCUT2D eigenvalue weighted by Gasteiger charge is -1.97. The van der Waals surface area contributed by atoms with Gasteiger partial charge in [-0.2, -0.15) is 0 Å². The third-order valence-electron chi connectivity index (χ3n) is 1.80. The molecule has 0 fully saturated rings. The van der Waals surface area contributed by atoms with Gasteiger partial charge in [0.1, 0.15) is 0 Å². The van der Waals surface area contributed by atoms with Crippen molar-refractivity contribution in [3.8, 4) is 0 Å². The molecule has 0 aromatic rings. The van der Waals surface area contributed by atoms with Crippen LogP contribution in [0.2, 0.25) is 0 Å². The molecule has 1 rings (SSSR count). The normalized spacial score (nSPS) is 19.0. The van der Waals surface area contributed by atoms with E-state index < -0.39 is 0 Å². The first-order chi connectivity index (χ1) is 4.43. The summed E-state index contributed by atoms with van der Waals surface area (Å²) in [6.45, 7) is 2.23. The maximum Gasteiger partial charge on any atom is -0.0166 e. The van der Waals surface area contributed by atoms with Gasteiger partial charge in [-0.15, -0.1) is 0 Å². The fourth-order valence-electron chi connectivity index (χ4n) is 1.14. The van der Waals surface area contributed by atoms with E-state index in [0.29, 0.717) is 0 Å². The first-order valence-electron chi connectivity index (χ1n) is 3.76. The van der Waals surface area contributed by atoms with E-state index in [9.17, 15) is 0 Å². The van der Waals surface area contributed by atoms with Crippen LogP contribution < -0.4 is 0 Å². The molecule has 0 saturated carbocycles. The Labute approximate surface area is 57.3 Å². The quantitative estimate of drug-likeness (QED) is 0.469. The van der Waals surface area contributed by atoms with Crippen LogP contribution in [0.1, 0.15) is 32.6 Å². The number of allylic oxidation sites excluding steroid dienone is 4. The van der Waals surface area contributed by atoms with Gasteiger partial charge < -0.3 is 0 Å². The molecule has 0 nitrogen and oxygen atoms in total. The molecule has 0 aromatic heterocycles. The van der Waals surface area contributed by atoms with Crippen LogP contribution in [0.25, 0.3) is 0 Å². The summed E-state index contributed by atoms with van der Waals surface area (Å²) in [6.07, 6.45) is 11.8. The van der Waals surface area contributed by atoms with Gasteiger partial charge in [0.2, 0.25) is 0 Å². The van der Waals surface area contributed by atoms with Gasteiger partial charge in [-0.05, 0) is 25.7 Å². The SMILES string of the molecule is CCC1=CCC=CCC1. The zero-order chi connectivity index (χ0) is 6.53. The van der Waals surface area contributed by atoms with Crippen LogP contribution in [0.15, 0.2) is 23.8 Å². The Morgan fingerprint density at radius 1 is 1.44 bits per heavy atom. The van der Waals surface area contributed by atoms with Crippen molar-refractivity contribution in [2.45, 2.75) is 32.6 Å². The van der Waals surface area contributed by atoms with E-state index in [1.807, 2.05) is 0 Å². The number of hydrogen-bond donors (Lipinski definition) is 0. The van der Waals surface area contributed by atoms with Crippen LogP contribution in [0.5, 0.6) is 0 Å². The Bertz CT molecular complexity index is 129. The predicted octanol–water partition coefficient (Wildman–Crippen LogP) is 3.06. The van der Waals surface area contributed by atoms with Crippen LogP contribution in [0.3, 0.4) is 0 Å². The molecule has 9 heavy (non-hydrogen) atoms. The van der Waals surface area contributed by atoms with Crippen molar-refractivity contribution in [2.24, 2.45) is 0 Å². The summed E-state index contributed by atoms with van der Waals surface area (Å²) in [5.41, 5.74) is 1.63. The van der Waals surface area contributed by atoms with Crippen molar-refractivity contribution in [3.05, 3.63) is 23.8 Å². The summed E-state index contributed by atoms with van der Waals surface area (Å²) in [7, 11) is 0. The largest absolute Gasteiger partial charge is 0.0879 e. The zero-order valence-electron chi connectivity index (χ0n) is 6.06. The molecule has 0 spiro atoms. The summed E-state index contributed by atoms with van der Waals surface area (Å²) in [4.78, 5) is 0. The molecule has 0 saturated heterocycles. The molecular weight excluding hydrogens is 108 g/mol. The molecule has 0 unspecified atom stereocenters. The number of rotatable bonds is 1. The Morgan fingerprint density at radius 3 is 3.11 bits per heavy atom. The molecule has 0 atom stereocenters. The monoisotopic (exact) mass is 122 g/mol. The summed E-state index contributed by atoms with van der Waals surface area (Å²) < 4.78 is 0. The third-order valence-corrected chi connectivity index (χ3v) is 1.80. The standard InChI is InChI=1S/C9H14/c1-2-9-7-5-3-4-6-8-9/h3-4,7H,2,5-6,8H2,1H3. The van der Waals surface area contributed by atoms with Crippen molar-refractivity contribution in [1.82, 2.24) is 0 Å². The Morgan fingerprint density at radius 2 is 2.33 bits per heavy atom. The van der Waals surface area contributed by atoms with Crippen molar-refractivity contribution in [1.29, 1.82) is 0 Å². The minimum Gasteiger partial charge on any atom is -0.0879 e. The molecule has 1 aliphatic carbocycles. The molecule has 1 aliphatic rings. The molecule has 0 heterocycles. The molecule has 0 radical (unpaired) electrons. The van der Waals surface area contributed by atoms with Crippen LogP contribution in [0, 0.1) is 0 Å². The third kappa shape index (κ3) is 2.05. The van der Waals surface area contributed by atoms with E-state index in [0.717, 1.165) is 6.42 Å². The van der Waals surface area contributed by atoms with E-state index in [4.69, 9.17) is 0 Å². The Hall–Kier alpha value is -0.520. The minimum absolute atomic E-state index is 1.16. The topological polar surface area (TPSA) is 0 Å². The summed E-state index contributed by atoms with van der Waals surface area (Å²) in [6, 6.07) is 0. The van der Waals surface area contributed by atoms with Gasteiger partial charge in [0.05, 0.1) is 0 Å². The summed E-state index contributed by atoms with van der Waals surface area (Å²) >= 11 is 0. The molecule has 0 N–H and O–H groups in total. The second kappa shape index (κ2) is 3.49. The summed E-state index contributed by atoms with van der Waals surface area (Å²) in [5.74, 6) is 0. The van der Waals surface area contributed by atoms with E-state index in [-0.39, 0.29) is 0 Å². The number of hydrogen-bond acceptors (Lipinski definition) is 0. The van der Waals surface area contributed by atoms with Gasteiger partial charge >= 0.3 is 0 Å². The van der Waals surface area contributed by atoms with Gasteiger partial charge in [0, 0.05) is 0 Å². The average molecular weight is 122 g/mol. The van der Waals surface area contributed by atoms with Crippen molar-refractivity contribution in [3.63, 3.8) is 0 Å². The first kappa shape index (κ1) is 6.60. The molecule has 0 aliphatic heterocycles. The van der Waals surface area contributed by atoms with Crippen LogP contribution >= 0.6 is 0 Å². The maximum absolute atomic E-state index is 2.35. The molecule has 0 amide bonds. The van der Waals surface area contributed by atoms with Crippen molar-refractivity contribution < 1.29 is 0 Å². The fourth-order valence-corrected chi connectivity index (χ4v) is 1.14. The zero-order valence-corrected chi connectivity index (χ0v) is 6.06. The predicted molar refractivity (Wildman–Crippen MR) is 41.4 cm³/mol. The van der Waals surface area contributed by atoms with E-state index in [1.54, 1.807) is 5.57 Å². The fraction of sp³-hybridized carbons (Fsp3) is 0.556. The van der Waals surface area contributed by atoms with Crippen LogP contribution in [0.4, 0.5) is 0 Å². The van der Waals surface area contributed by atoms with Crippen molar-refractivity contribution >= 4 is 0 Å². The lowest BCUT2D eigenvalue weighted by Crippen LogP contribution is -1.77. The second-order valence-corrected chi connectivity index (χ2v) is 2.46. The highest BCUT2D eigenvalue weighted by Crippen LogP contribution is 2.14. The smallest absolute Gasteiger partial charge is 0.0166 e. The van der Waals surface area contributed by atoms with E-state index >= 15 is 0 Å². The van der Waals surface area contributed by atoms with Gasteiger partial charge in [-0.1, -0.05) is 30.7 Å². The highest BCUT2D eigenvalue weighted by Gasteiger charge is 1.93. The Balaban J connectivity index is 2.45. The van der Waals surface area contributed by atoms with Crippen LogP contribution in [-0.4, -0.2) is 0 Å². The minimum atomic E-state index is 1.16. The molecule has 0 bridgehead atoms. The molecule has 0 heteroatoms. The summed E-state index contributed by atoms with van der Waals surface area (Å²) in [5, 5.41) is 0.